The molecule has 0 radical (unpaired) electrons. The second-order valence-corrected chi connectivity index (χ2v) is 11.7. The summed E-state index contributed by atoms with van der Waals surface area (Å²) in [6.45, 7) is 2.72. The number of anilines is 1. The van der Waals surface area contributed by atoms with Gasteiger partial charge in [-0.25, -0.2) is 4.98 Å². The number of nitrogens with zero attached hydrogens (tertiary/aromatic N) is 4. The number of halogens is 6. The van der Waals surface area contributed by atoms with E-state index in [1.807, 2.05) is 4.90 Å². The molecule has 3 aromatic rings. The Labute approximate surface area is 284 Å². The molecule has 1 aliphatic rings. The number of carboxylic acid groups (broad SMARTS) is 1. The molecule has 2 heterocycles. The Morgan fingerprint density at radius 1 is 1.04 bits per heavy atom. The molecule has 0 saturated carbocycles. The average Bonchev–Trinajstić information content (AvgIpc) is 3.03. The van der Waals surface area contributed by atoms with Gasteiger partial charge in [-0.2, -0.15) is 26.3 Å². The van der Waals surface area contributed by atoms with Crippen LogP contribution in [-0.2, 0) is 34.9 Å². The van der Waals surface area contributed by atoms with Crippen LogP contribution in [0.15, 0.2) is 65.7 Å². The lowest BCUT2D eigenvalue weighted by Gasteiger charge is -2.34. The van der Waals surface area contributed by atoms with Crippen molar-refractivity contribution in [2.45, 2.75) is 57.4 Å². The van der Waals surface area contributed by atoms with Crippen LogP contribution in [0.3, 0.4) is 0 Å². The molecule has 0 amide bonds. The van der Waals surface area contributed by atoms with Crippen LogP contribution in [0.2, 0.25) is 0 Å². The molecule has 0 bridgehead atoms. The number of aldehydes is 1. The van der Waals surface area contributed by atoms with Crippen LogP contribution >= 0.6 is 0 Å². The molecule has 50 heavy (non-hydrogen) atoms. The van der Waals surface area contributed by atoms with Crippen molar-refractivity contribution in [1.29, 1.82) is 0 Å². The van der Waals surface area contributed by atoms with Gasteiger partial charge in [0.25, 0.3) is 0 Å². The van der Waals surface area contributed by atoms with Crippen molar-refractivity contribution in [2.75, 3.05) is 32.1 Å². The van der Waals surface area contributed by atoms with E-state index in [-0.39, 0.29) is 37.3 Å². The molecule has 0 aliphatic carbocycles. The number of carbonyl (C=O) groups excluding carboxylic acids is 1. The third-order valence-corrected chi connectivity index (χ3v) is 8.27. The summed E-state index contributed by atoms with van der Waals surface area (Å²) < 4.78 is 87.1. The first-order valence-corrected chi connectivity index (χ1v) is 15.5. The van der Waals surface area contributed by atoms with E-state index in [4.69, 9.17) is 14.8 Å². The van der Waals surface area contributed by atoms with Crippen LogP contribution in [0, 0.1) is 0 Å². The zero-order valence-electron chi connectivity index (χ0n) is 27.4. The number of methoxy groups -OCH3 is 1. The van der Waals surface area contributed by atoms with Crippen molar-refractivity contribution in [2.24, 2.45) is 4.99 Å². The second-order valence-electron chi connectivity index (χ2n) is 11.7. The van der Waals surface area contributed by atoms with E-state index in [1.54, 1.807) is 43.5 Å². The Hall–Kier alpha value is -4.76. The third-order valence-electron chi connectivity index (χ3n) is 8.27. The maximum atomic E-state index is 13.6. The minimum atomic E-state index is -5.04. The van der Waals surface area contributed by atoms with Crippen molar-refractivity contribution in [3.8, 4) is 16.9 Å². The Morgan fingerprint density at radius 3 is 2.22 bits per heavy atom. The number of aromatic nitrogens is 1. The molecule has 1 aliphatic heterocycles. The summed E-state index contributed by atoms with van der Waals surface area (Å²) in [5.74, 6) is -0.00801. The summed E-state index contributed by atoms with van der Waals surface area (Å²) in [6.07, 6.45) is -8.30. The van der Waals surface area contributed by atoms with Crippen LogP contribution in [0.1, 0.15) is 47.7 Å². The van der Waals surface area contributed by atoms with Gasteiger partial charge in [0, 0.05) is 49.4 Å². The minimum Gasteiger partial charge on any atom is -0.496 e. The monoisotopic (exact) mass is 706 g/mol. The maximum absolute atomic E-state index is 13.6. The fourth-order valence-corrected chi connectivity index (χ4v) is 5.58. The molecule has 15 heteroatoms. The van der Waals surface area contributed by atoms with Gasteiger partial charge < -0.3 is 19.8 Å². The van der Waals surface area contributed by atoms with Crippen LogP contribution in [0.25, 0.3) is 11.1 Å². The molecule has 1 saturated heterocycles. The second kappa shape index (κ2) is 15.9. The number of aliphatic imine (C=N–C) groups is 1. The summed E-state index contributed by atoms with van der Waals surface area (Å²) in [6, 6.07) is 9.07. The van der Waals surface area contributed by atoms with Crippen molar-refractivity contribution < 1.29 is 50.9 Å². The Bertz CT molecular complexity index is 1720. The molecular formula is C35H36F6N4O5. The highest BCUT2D eigenvalue weighted by Gasteiger charge is 2.37. The van der Waals surface area contributed by atoms with Gasteiger partial charge in [0.1, 0.15) is 11.6 Å². The van der Waals surface area contributed by atoms with E-state index in [9.17, 15) is 41.0 Å². The Kier molecular flexibility index (Phi) is 12.1. The van der Waals surface area contributed by atoms with E-state index in [1.165, 1.54) is 25.0 Å². The van der Waals surface area contributed by atoms with Crippen LogP contribution < -0.4 is 9.64 Å². The van der Waals surface area contributed by atoms with Gasteiger partial charge in [-0.15, -0.1) is 0 Å². The van der Waals surface area contributed by atoms with Gasteiger partial charge in [0.15, 0.2) is 12.5 Å². The number of allylic oxidation sites excluding steroid dienone is 1. The largest absolute Gasteiger partial charge is 0.496 e. The van der Waals surface area contributed by atoms with Crippen LogP contribution in [0.5, 0.6) is 5.75 Å². The molecule has 2 N–H and O–H groups in total. The highest BCUT2D eigenvalue weighted by molar-refractivity contribution is 6.09. The summed E-state index contributed by atoms with van der Waals surface area (Å²) in [5.41, 5.74) is -0.788. The standard InChI is InChI=1S/C35H36F6N4O5/c1-21(14-22-15-24(34(36,37)38)18-25(16-22)35(39,40)41)45(32(47)20-46)19-29-26(9-11-31(43-29)44-12-5-13-44)27-17-23(8-10-30(27)50-3)28(42-2)6-4-7-33(48)49/h4,6,8-11,15-18,20-21,32,47H,5,7,12-14,19H2,1-3H3,(H,48,49)/b6-4-,42-28?/t21-,32?/m0/s1. The van der Waals surface area contributed by atoms with E-state index in [0.29, 0.717) is 51.8 Å². The normalized spacial score (nSPS) is 15.3. The maximum Gasteiger partial charge on any atom is 0.416 e. The molecule has 1 aromatic heterocycles. The van der Waals surface area contributed by atoms with Gasteiger partial charge in [0.05, 0.1) is 36.1 Å². The number of ether oxygens (including phenoxy) is 1. The fraction of sp³-hybridized carbons (Fsp3) is 0.371. The van der Waals surface area contributed by atoms with Gasteiger partial charge in [-0.1, -0.05) is 6.08 Å². The van der Waals surface area contributed by atoms with Crippen molar-refractivity contribution in [3.63, 3.8) is 0 Å². The molecule has 1 fully saturated rings. The lowest BCUT2D eigenvalue weighted by atomic mass is 9.96. The first-order chi connectivity index (χ1) is 23.5. The molecule has 0 spiro atoms. The first-order valence-electron chi connectivity index (χ1n) is 15.5. The predicted octanol–water partition coefficient (Wildman–Crippen LogP) is 6.41. The number of carboxylic acids is 1. The van der Waals surface area contributed by atoms with Gasteiger partial charge in [0.2, 0.25) is 0 Å². The van der Waals surface area contributed by atoms with Crippen molar-refractivity contribution in [3.05, 3.63) is 88.6 Å². The summed E-state index contributed by atoms with van der Waals surface area (Å²) in [5, 5.41) is 19.9. The smallest absolute Gasteiger partial charge is 0.416 e. The van der Waals surface area contributed by atoms with Gasteiger partial charge >= 0.3 is 18.3 Å². The molecule has 2 aromatic carbocycles. The fourth-order valence-electron chi connectivity index (χ4n) is 5.58. The quantitative estimate of drug-likeness (QED) is 0.0857. The van der Waals surface area contributed by atoms with E-state index >= 15 is 0 Å². The number of hydrogen-bond acceptors (Lipinski definition) is 8. The van der Waals surface area contributed by atoms with Crippen LogP contribution in [-0.4, -0.2) is 77.6 Å². The summed E-state index contributed by atoms with van der Waals surface area (Å²) in [4.78, 5) is 35.3. The minimum absolute atomic E-state index is 0.0435. The van der Waals surface area contributed by atoms with Crippen LogP contribution in [0.4, 0.5) is 32.2 Å². The summed E-state index contributed by atoms with van der Waals surface area (Å²) in [7, 11) is 3.00. The predicted molar refractivity (Wildman–Crippen MR) is 174 cm³/mol. The SMILES string of the molecule is CN=C(/C=C\CC(=O)O)c1ccc(OC)c(-c2ccc(N3CCC3)nc2CN(C(O)C=O)[C@@H](C)Cc2cc(C(F)(F)F)cc(C(F)(F)F)c2)c1. The van der Waals surface area contributed by atoms with E-state index in [2.05, 4.69) is 4.99 Å². The number of hydrogen-bond donors (Lipinski definition) is 2. The topological polar surface area (TPSA) is 116 Å². The molecule has 268 valence electrons. The molecule has 9 nitrogen and oxygen atoms in total. The average molecular weight is 707 g/mol. The molecular weight excluding hydrogens is 670 g/mol. The number of aliphatic carboxylic acids is 1. The van der Waals surface area contributed by atoms with E-state index < -0.39 is 41.7 Å². The number of carbonyl (C=O) groups is 2. The lowest BCUT2D eigenvalue weighted by molar-refractivity contribution is -0.143. The molecule has 2 atom stereocenters. The number of aliphatic hydroxyl groups is 1. The number of pyridine rings is 1. The Morgan fingerprint density at radius 2 is 1.70 bits per heavy atom. The van der Waals surface area contributed by atoms with Gasteiger partial charge in [-0.3, -0.25) is 19.5 Å². The van der Waals surface area contributed by atoms with Crippen molar-refractivity contribution >= 4 is 23.8 Å². The Balaban J connectivity index is 1.79. The number of benzene rings is 2. The lowest BCUT2D eigenvalue weighted by Crippen LogP contribution is -2.44. The molecule has 4 rings (SSSR count). The number of aliphatic hydroxyl groups excluding tert-OH is 1. The zero-order chi connectivity index (χ0) is 36.8. The highest BCUT2D eigenvalue weighted by Crippen LogP contribution is 2.38. The third kappa shape index (κ3) is 9.27. The van der Waals surface area contributed by atoms with Crippen molar-refractivity contribution in [1.82, 2.24) is 9.88 Å². The number of alkyl halides is 6. The highest BCUT2D eigenvalue weighted by atomic mass is 19.4. The van der Waals surface area contributed by atoms with E-state index in [0.717, 1.165) is 19.5 Å². The zero-order valence-corrected chi connectivity index (χ0v) is 27.4. The summed E-state index contributed by atoms with van der Waals surface area (Å²) >= 11 is 0. The molecule has 1 unspecified atom stereocenters. The number of rotatable bonds is 14. The van der Waals surface area contributed by atoms with Gasteiger partial charge in [-0.05, 0) is 79.9 Å². The first kappa shape index (κ1) is 38.0.